The van der Waals surface area contributed by atoms with Gasteiger partial charge in [-0.05, 0) is 29.2 Å². The third kappa shape index (κ3) is 4.33. The number of thioether (sulfide) groups is 1. The van der Waals surface area contributed by atoms with Crippen molar-refractivity contribution >= 4 is 27.6 Å². The van der Waals surface area contributed by atoms with Crippen LogP contribution in [0.15, 0.2) is 42.5 Å². The summed E-state index contributed by atoms with van der Waals surface area (Å²) in [6.45, 7) is 0. The molecule has 2 aromatic carbocycles. The smallest absolute Gasteiger partial charge is 0.210 e. The van der Waals surface area contributed by atoms with Crippen LogP contribution >= 0.6 is 11.8 Å². The number of fused-ring (bicyclic) bond motifs is 1. The largest absolute Gasteiger partial charge is 1.00 e. The van der Waals surface area contributed by atoms with Gasteiger partial charge >= 0.3 is 0 Å². The molecule has 0 spiro atoms. The predicted octanol–water partition coefficient (Wildman–Crippen LogP) is 0.815. The van der Waals surface area contributed by atoms with Crippen LogP contribution in [0.2, 0.25) is 0 Å². The van der Waals surface area contributed by atoms with E-state index < -0.39 is 0 Å². The molecule has 2 N–H and O–H groups in total. The summed E-state index contributed by atoms with van der Waals surface area (Å²) in [5, 5.41) is 10.1. The molecular weight excluding hydrogens is 342 g/mol. The minimum atomic E-state index is 0. The SMILES string of the molecule is [Br-].[NH2+]=C(SCc1ccc2ccccc2c1)C1CCCCC1. The van der Waals surface area contributed by atoms with Gasteiger partial charge < -0.3 is 17.0 Å². The Labute approximate surface area is 141 Å². The van der Waals surface area contributed by atoms with Gasteiger partial charge in [0.05, 0.1) is 0 Å². The number of halogens is 1. The molecule has 0 unspecified atom stereocenters. The zero-order valence-electron chi connectivity index (χ0n) is 12.2. The molecule has 0 radical (unpaired) electrons. The second-order valence-electron chi connectivity index (χ2n) is 5.71. The Morgan fingerprint density at radius 3 is 2.48 bits per heavy atom. The molecule has 1 fully saturated rings. The van der Waals surface area contributed by atoms with E-state index >= 15 is 0 Å². The molecule has 0 amide bonds. The molecule has 1 aliphatic rings. The third-order valence-electron chi connectivity index (χ3n) is 4.23. The third-order valence-corrected chi connectivity index (χ3v) is 5.37. The fourth-order valence-electron chi connectivity index (χ4n) is 3.00. The van der Waals surface area contributed by atoms with E-state index in [-0.39, 0.29) is 17.0 Å². The van der Waals surface area contributed by atoms with Gasteiger partial charge in [-0.3, -0.25) is 5.41 Å². The summed E-state index contributed by atoms with van der Waals surface area (Å²) in [6.07, 6.45) is 6.66. The van der Waals surface area contributed by atoms with Crippen molar-refractivity contribution in [3.63, 3.8) is 0 Å². The van der Waals surface area contributed by atoms with Gasteiger partial charge in [-0.15, -0.1) is 0 Å². The molecule has 0 aliphatic heterocycles. The fourth-order valence-corrected chi connectivity index (χ4v) is 3.98. The van der Waals surface area contributed by atoms with E-state index in [4.69, 9.17) is 5.41 Å². The molecule has 0 aromatic heterocycles. The van der Waals surface area contributed by atoms with Crippen LogP contribution < -0.4 is 22.4 Å². The maximum absolute atomic E-state index is 6.29. The second-order valence-corrected chi connectivity index (χ2v) is 6.76. The lowest BCUT2D eigenvalue weighted by Crippen LogP contribution is -3.00. The zero-order chi connectivity index (χ0) is 13.8. The average Bonchev–Trinajstić information content (AvgIpc) is 2.53. The van der Waals surface area contributed by atoms with Gasteiger partial charge in [-0.1, -0.05) is 73.5 Å². The monoisotopic (exact) mass is 363 g/mol. The first-order valence-electron chi connectivity index (χ1n) is 7.56. The van der Waals surface area contributed by atoms with Crippen LogP contribution in [-0.4, -0.2) is 5.04 Å². The molecule has 1 aliphatic carbocycles. The van der Waals surface area contributed by atoms with Crippen molar-refractivity contribution in [2.45, 2.75) is 37.9 Å². The number of nitrogens with two attached hydrogens (primary N) is 1. The quantitative estimate of drug-likeness (QED) is 0.633. The maximum atomic E-state index is 6.29. The van der Waals surface area contributed by atoms with Crippen molar-refractivity contribution in [3.05, 3.63) is 48.0 Å². The first-order chi connectivity index (χ1) is 9.83. The molecule has 112 valence electrons. The average molecular weight is 364 g/mol. The topological polar surface area (TPSA) is 25.6 Å². The maximum Gasteiger partial charge on any atom is 0.210 e. The molecule has 1 nitrogen and oxygen atoms in total. The van der Waals surface area contributed by atoms with Gasteiger partial charge in [0.25, 0.3) is 0 Å². The van der Waals surface area contributed by atoms with Gasteiger partial charge in [0.15, 0.2) is 0 Å². The van der Waals surface area contributed by atoms with E-state index in [1.54, 1.807) is 0 Å². The van der Waals surface area contributed by atoms with Crippen LogP contribution in [0.5, 0.6) is 0 Å². The lowest BCUT2D eigenvalue weighted by molar-refractivity contribution is -0.115. The van der Waals surface area contributed by atoms with Gasteiger partial charge in [-0.25, -0.2) is 0 Å². The highest BCUT2D eigenvalue weighted by Crippen LogP contribution is 2.28. The minimum Gasteiger partial charge on any atom is -1.00 e. The highest BCUT2D eigenvalue weighted by atomic mass is 79.9. The van der Waals surface area contributed by atoms with E-state index in [1.165, 1.54) is 48.4 Å². The normalized spacial score (nSPS) is 15.6. The molecule has 0 saturated heterocycles. The van der Waals surface area contributed by atoms with Crippen molar-refractivity contribution in [3.8, 4) is 0 Å². The van der Waals surface area contributed by atoms with Crippen molar-refractivity contribution in [1.29, 1.82) is 0 Å². The zero-order valence-corrected chi connectivity index (χ0v) is 14.6. The van der Waals surface area contributed by atoms with Gasteiger partial charge in [0.1, 0.15) is 0 Å². The lowest BCUT2D eigenvalue weighted by atomic mass is 9.90. The van der Waals surface area contributed by atoms with Crippen LogP contribution in [0, 0.1) is 5.92 Å². The summed E-state index contributed by atoms with van der Waals surface area (Å²) in [5.41, 5.74) is 1.37. The summed E-state index contributed by atoms with van der Waals surface area (Å²) in [7, 11) is 0. The molecule has 1 saturated carbocycles. The Kier molecular flexibility index (Phi) is 6.31. The highest BCUT2D eigenvalue weighted by molar-refractivity contribution is 8.13. The van der Waals surface area contributed by atoms with Crippen molar-refractivity contribution in [2.24, 2.45) is 5.92 Å². The van der Waals surface area contributed by atoms with Crippen LogP contribution in [0.4, 0.5) is 0 Å². The molecule has 21 heavy (non-hydrogen) atoms. The number of hydrogen-bond acceptors (Lipinski definition) is 1. The first kappa shape index (κ1) is 16.6. The molecular formula is C18H22BrNS. The Balaban J connectivity index is 0.00000161. The van der Waals surface area contributed by atoms with Crippen LogP contribution in [0.1, 0.15) is 37.7 Å². The van der Waals surface area contributed by atoms with Gasteiger partial charge in [0.2, 0.25) is 5.04 Å². The predicted molar refractivity (Wildman–Crippen MR) is 88.8 cm³/mol. The van der Waals surface area contributed by atoms with E-state index in [2.05, 4.69) is 42.5 Å². The molecule has 3 heteroatoms. The summed E-state index contributed by atoms with van der Waals surface area (Å²) in [6, 6.07) is 15.3. The Bertz CT molecular complexity index is 605. The van der Waals surface area contributed by atoms with E-state index in [0.29, 0.717) is 5.92 Å². The van der Waals surface area contributed by atoms with Crippen molar-refractivity contribution in [1.82, 2.24) is 0 Å². The molecule has 0 atom stereocenters. The van der Waals surface area contributed by atoms with Crippen molar-refractivity contribution < 1.29 is 22.4 Å². The highest BCUT2D eigenvalue weighted by Gasteiger charge is 2.22. The Morgan fingerprint density at radius 2 is 1.71 bits per heavy atom. The number of hydrogen-bond donors (Lipinski definition) is 1. The minimum absolute atomic E-state index is 0. The molecule has 2 aromatic rings. The van der Waals surface area contributed by atoms with Gasteiger partial charge in [0, 0.05) is 11.7 Å². The number of rotatable bonds is 3. The van der Waals surface area contributed by atoms with E-state index in [1.807, 2.05) is 11.8 Å². The number of benzene rings is 2. The summed E-state index contributed by atoms with van der Waals surface area (Å²) < 4.78 is 0. The van der Waals surface area contributed by atoms with Crippen LogP contribution in [0.3, 0.4) is 0 Å². The van der Waals surface area contributed by atoms with E-state index in [0.717, 1.165) is 10.8 Å². The van der Waals surface area contributed by atoms with Crippen LogP contribution in [-0.2, 0) is 5.75 Å². The summed E-state index contributed by atoms with van der Waals surface area (Å²) in [4.78, 5) is 0. The van der Waals surface area contributed by atoms with Gasteiger partial charge in [-0.2, -0.15) is 0 Å². The summed E-state index contributed by atoms with van der Waals surface area (Å²) >= 11 is 1.84. The first-order valence-corrected chi connectivity index (χ1v) is 8.54. The second kappa shape index (κ2) is 8.00. The lowest BCUT2D eigenvalue weighted by Gasteiger charge is -2.18. The Morgan fingerprint density at radius 1 is 1.00 bits per heavy atom. The Hall–Kier alpha value is -0.800. The molecule has 0 heterocycles. The molecule has 3 rings (SSSR count). The van der Waals surface area contributed by atoms with E-state index in [9.17, 15) is 0 Å². The van der Waals surface area contributed by atoms with Crippen LogP contribution in [0.25, 0.3) is 10.8 Å². The fraction of sp³-hybridized carbons (Fsp3) is 0.389. The standard InChI is InChI=1S/C18H21NS.BrH/c19-18(16-7-2-1-3-8-16)20-13-14-10-11-15-6-4-5-9-17(15)12-14;/h4-6,9-12,16,19H,1-3,7-8,13H2;1H. The van der Waals surface area contributed by atoms with Crippen molar-refractivity contribution in [2.75, 3.05) is 0 Å². The summed E-state index contributed by atoms with van der Waals surface area (Å²) in [5.74, 6) is 1.64. The molecule has 0 bridgehead atoms.